The normalized spacial score (nSPS) is 15.9. The summed E-state index contributed by atoms with van der Waals surface area (Å²) in [7, 11) is 0. The molecule has 5 nitrogen and oxygen atoms in total. The van der Waals surface area contributed by atoms with Crippen LogP contribution in [0.15, 0.2) is 12.1 Å². The average Bonchev–Trinajstić information content (AvgIpc) is 2.34. The van der Waals surface area contributed by atoms with E-state index in [1.807, 2.05) is 0 Å². The molecule has 1 fully saturated rings. The van der Waals surface area contributed by atoms with Gasteiger partial charge in [-0.3, -0.25) is 4.79 Å². The number of aromatic hydroxyl groups is 1. The van der Waals surface area contributed by atoms with Crippen LogP contribution in [0.3, 0.4) is 0 Å². The summed E-state index contributed by atoms with van der Waals surface area (Å²) in [5, 5.41) is 9.38. The molecule has 0 spiro atoms. The Morgan fingerprint density at radius 2 is 2.06 bits per heavy atom. The minimum absolute atomic E-state index is 0.0824. The molecule has 1 aliphatic heterocycles. The molecule has 0 saturated carbocycles. The van der Waals surface area contributed by atoms with Gasteiger partial charge in [-0.05, 0) is 6.07 Å². The second-order valence-corrected chi connectivity index (χ2v) is 3.80. The molecule has 0 radical (unpaired) electrons. The van der Waals surface area contributed by atoms with Crippen molar-refractivity contribution < 1.29 is 19.0 Å². The number of amides is 1. The Kier molecular flexibility index (Phi) is 3.14. The quantitative estimate of drug-likeness (QED) is 0.556. The molecule has 0 aliphatic carbocycles. The standard InChI is InChI=1S/C11H13FN2O3/c12-8-6-9(13)10(15)5-7(8)11(16)14-1-3-17-4-2-14/h5-6,15H,1-4,13H2. The summed E-state index contributed by atoms with van der Waals surface area (Å²) in [6, 6.07) is 2.01. The van der Waals surface area contributed by atoms with Crippen molar-refractivity contribution >= 4 is 11.6 Å². The number of ether oxygens (including phenoxy) is 1. The van der Waals surface area contributed by atoms with Crippen LogP contribution in [0, 0.1) is 5.82 Å². The van der Waals surface area contributed by atoms with Gasteiger partial charge in [-0.15, -0.1) is 0 Å². The van der Waals surface area contributed by atoms with E-state index < -0.39 is 11.7 Å². The molecule has 1 aromatic carbocycles. The number of carbonyl (C=O) groups is 1. The van der Waals surface area contributed by atoms with Crippen LogP contribution >= 0.6 is 0 Å². The van der Waals surface area contributed by atoms with Crippen molar-refractivity contribution in [2.24, 2.45) is 0 Å². The van der Waals surface area contributed by atoms with E-state index in [1.165, 1.54) is 4.90 Å². The monoisotopic (exact) mass is 240 g/mol. The van der Waals surface area contributed by atoms with E-state index in [4.69, 9.17) is 10.5 Å². The first kappa shape index (κ1) is 11.7. The first-order valence-electron chi connectivity index (χ1n) is 5.24. The maximum Gasteiger partial charge on any atom is 0.257 e. The number of nitrogens with two attached hydrogens (primary N) is 1. The van der Waals surface area contributed by atoms with Crippen molar-refractivity contribution in [2.75, 3.05) is 32.0 Å². The molecule has 0 unspecified atom stereocenters. The Morgan fingerprint density at radius 1 is 1.41 bits per heavy atom. The van der Waals surface area contributed by atoms with E-state index >= 15 is 0 Å². The number of phenolic OH excluding ortho intramolecular Hbond substituents is 1. The van der Waals surface area contributed by atoms with E-state index in [2.05, 4.69) is 0 Å². The number of nitrogens with zero attached hydrogens (tertiary/aromatic N) is 1. The van der Waals surface area contributed by atoms with E-state index in [-0.39, 0.29) is 17.0 Å². The average molecular weight is 240 g/mol. The lowest BCUT2D eigenvalue weighted by molar-refractivity contribution is 0.0299. The zero-order valence-electron chi connectivity index (χ0n) is 9.15. The maximum absolute atomic E-state index is 13.6. The molecular weight excluding hydrogens is 227 g/mol. The number of benzene rings is 1. The van der Waals surface area contributed by atoms with Gasteiger partial charge in [0.05, 0.1) is 24.5 Å². The molecule has 3 N–H and O–H groups in total. The van der Waals surface area contributed by atoms with E-state index in [0.29, 0.717) is 26.3 Å². The first-order valence-corrected chi connectivity index (χ1v) is 5.24. The van der Waals surface area contributed by atoms with E-state index in [0.717, 1.165) is 12.1 Å². The second-order valence-electron chi connectivity index (χ2n) is 3.80. The minimum atomic E-state index is -0.725. The summed E-state index contributed by atoms with van der Waals surface area (Å²) in [5.74, 6) is -1.47. The second kappa shape index (κ2) is 4.58. The van der Waals surface area contributed by atoms with Gasteiger partial charge >= 0.3 is 0 Å². The predicted molar refractivity (Wildman–Crippen MR) is 59.2 cm³/mol. The Hall–Kier alpha value is -1.82. The number of hydrogen-bond donors (Lipinski definition) is 2. The molecule has 6 heteroatoms. The molecular formula is C11H13FN2O3. The van der Waals surface area contributed by atoms with Crippen LogP contribution in [0.2, 0.25) is 0 Å². The summed E-state index contributed by atoms with van der Waals surface area (Å²) in [6.07, 6.45) is 0. The van der Waals surface area contributed by atoms with Crippen LogP contribution in [-0.2, 0) is 4.74 Å². The minimum Gasteiger partial charge on any atom is -0.506 e. The Labute approximate surface area is 97.6 Å². The van der Waals surface area contributed by atoms with Gasteiger partial charge in [0.25, 0.3) is 5.91 Å². The molecule has 1 aromatic rings. The van der Waals surface area contributed by atoms with Crippen LogP contribution in [0.1, 0.15) is 10.4 Å². The predicted octanol–water partition coefficient (Wildman–Crippen LogP) is 0.586. The van der Waals surface area contributed by atoms with Crippen molar-refractivity contribution in [2.45, 2.75) is 0 Å². The number of carbonyl (C=O) groups excluding carboxylic acids is 1. The lowest BCUT2D eigenvalue weighted by Crippen LogP contribution is -2.41. The van der Waals surface area contributed by atoms with Crippen LogP contribution in [0.25, 0.3) is 0 Å². The van der Waals surface area contributed by atoms with Crippen molar-refractivity contribution in [3.05, 3.63) is 23.5 Å². The highest BCUT2D eigenvalue weighted by molar-refractivity contribution is 5.95. The van der Waals surface area contributed by atoms with E-state index in [9.17, 15) is 14.3 Å². The van der Waals surface area contributed by atoms with Gasteiger partial charge in [-0.25, -0.2) is 4.39 Å². The Morgan fingerprint density at radius 3 is 2.71 bits per heavy atom. The van der Waals surface area contributed by atoms with Crippen molar-refractivity contribution in [1.29, 1.82) is 0 Å². The summed E-state index contributed by atoms with van der Waals surface area (Å²) < 4.78 is 18.7. The smallest absolute Gasteiger partial charge is 0.257 e. The summed E-state index contributed by atoms with van der Waals surface area (Å²) in [5.41, 5.74) is 5.08. The fraction of sp³-hybridized carbons (Fsp3) is 0.364. The summed E-state index contributed by atoms with van der Waals surface area (Å²) >= 11 is 0. The molecule has 0 atom stereocenters. The molecule has 1 aliphatic rings. The molecule has 1 heterocycles. The van der Waals surface area contributed by atoms with Gasteiger partial charge in [0.1, 0.15) is 11.6 Å². The number of morpholine rings is 1. The first-order chi connectivity index (χ1) is 8.09. The van der Waals surface area contributed by atoms with Crippen molar-refractivity contribution in [1.82, 2.24) is 4.90 Å². The third-order valence-corrected chi connectivity index (χ3v) is 2.65. The van der Waals surface area contributed by atoms with E-state index in [1.54, 1.807) is 0 Å². The SMILES string of the molecule is Nc1cc(F)c(C(=O)N2CCOCC2)cc1O. The highest BCUT2D eigenvalue weighted by Crippen LogP contribution is 2.24. The van der Waals surface area contributed by atoms with Gasteiger partial charge < -0.3 is 20.5 Å². The maximum atomic E-state index is 13.6. The highest BCUT2D eigenvalue weighted by Gasteiger charge is 2.22. The summed E-state index contributed by atoms with van der Waals surface area (Å²) in [6.45, 7) is 1.72. The highest BCUT2D eigenvalue weighted by atomic mass is 19.1. The summed E-state index contributed by atoms with van der Waals surface area (Å²) in [4.78, 5) is 13.4. The Bertz CT molecular complexity index is 445. The Balaban J connectivity index is 2.26. The zero-order chi connectivity index (χ0) is 12.4. The molecule has 1 saturated heterocycles. The van der Waals surface area contributed by atoms with Crippen LogP contribution in [0.4, 0.5) is 10.1 Å². The van der Waals surface area contributed by atoms with Gasteiger partial charge in [-0.2, -0.15) is 0 Å². The van der Waals surface area contributed by atoms with Gasteiger partial charge in [0.2, 0.25) is 0 Å². The third kappa shape index (κ3) is 2.31. The molecule has 92 valence electrons. The van der Waals surface area contributed by atoms with Crippen LogP contribution in [0.5, 0.6) is 5.75 Å². The lowest BCUT2D eigenvalue weighted by Gasteiger charge is -2.27. The van der Waals surface area contributed by atoms with Gasteiger partial charge in [0.15, 0.2) is 0 Å². The third-order valence-electron chi connectivity index (χ3n) is 2.65. The molecule has 1 amide bonds. The number of halogens is 1. The molecule has 17 heavy (non-hydrogen) atoms. The lowest BCUT2D eigenvalue weighted by atomic mass is 10.1. The fourth-order valence-electron chi connectivity index (χ4n) is 1.68. The van der Waals surface area contributed by atoms with Gasteiger partial charge in [-0.1, -0.05) is 0 Å². The fourth-order valence-corrected chi connectivity index (χ4v) is 1.68. The van der Waals surface area contributed by atoms with Crippen LogP contribution < -0.4 is 5.73 Å². The van der Waals surface area contributed by atoms with Gasteiger partial charge in [0, 0.05) is 19.2 Å². The van der Waals surface area contributed by atoms with Crippen LogP contribution in [-0.4, -0.2) is 42.2 Å². The zero-order valence-corrected chi connectivity index (χ0v) is 9.15. The largest absolute Gasteiger partial charge is 0.506 e. The van der Waals surface area contributed by atoms with Crippen molar-refractivity contribution in [3.8, 4) is 5.75 Å². The number of hydrogen-bond acceptors (Lipinski definition) is 4. The molecule has 2 rings (SSSR count). The topological polar surface area (TPSA) is 75.8 Å². The molecule has 0 aromatic heterocycles. The number of rotatable bonds is 1. The number of anilines is 1. The number of nitrogen functional groups attached to an aromatic ring is 1. The number of phenols is 1. The molecule has 0 bridgehead atoms. The van der Waals surface area contributed by atoms with Crippen molar-refractivity contribution in [3.63, 3.8) is 0 Å².